The Kier molecular flexibility index (Phi) is 4.93. The molecular weight excluding hydrogens is 426 g/mol. The van der Waals surface area contributed by atoms with E-state index in [1.807, 2.05) is 50.5 Å². The fourth-order valence-electron chi connectivity index (χ4n) is 3.46. The molecule has 0 N–H and O–H groups in total. The number of likely N-dealkylation sites (N-methyl/N-ethyl adjacent to an activating group) is 1. The highest BCUT2D eigenvalue weighted by atomic mass is 79.9. The topological polar surface area (TPSA) is 38.1 Å². The zero-order valence-electron chi connectivity index (χ0n) is 15.2. The number of hydrogen-bond donors (Lipinski definition) is 0. The van der Waals surface area contributed by atoms with Crippen LogP contribution in [0, 0.1) is 0 Å². The van der Waals surface area contributed by atoms with Crippen LogP contribution in [-0.4, -0.2) is 35.1 Å². The highest BCUT2D eigenvalue weighted by Gasteiger charge is 2.26. The van der Waals surface area contributed by atoms with Crippen LogP contribution in [0.15, 0.2) is 51.7 Å². The largest absolute Gasteiger partial charge is 0.308 e. The van der Waals surface area contributed by atoms with Gasteiger partial charge in [0.1, 0.15) is 5.82 Å². The van der Waals surface area contributed by atoms with Gasteiger partial charge in [-0.25, -0.2) is 4.98 Å². The van der Waals surface area contributed by atoms with Crippen molar-refractivity contribution in [2.75, 3.05) is 20.6 Å². The smallest absolute Gasteiger partial charge is 0.261 e. The van der Waals surface area contributed by atoms with Crippen molar-refractivity contribution in [2.45, 2.75) is 13.0 Å². The summed E-state index contributed by atoms with van der Waals surface area (Å²) in [4.78, 5) is 20.4. The van der Waals surface area contributed by atoms with Crippen LogP contribution in [0.2, 0.25) is 5.02 Å². The highest BCUT2D eigenvalue weighted by molar-refractivity contribution is 9.10. The third-order valence-corrected chi connectivity index (χ3v) is 5.56. The first-order chi connectivity index (χ1) is 12.9. The average Bonchev–Trinajstić information content (AvgIpc) is 2.98. The van der Waals surface area contributed by atoms with E-state index in [2.05, 4.69) is 26.9 Å². The van der Waals surface area contributed by atoms with Crippen LogP contribution in [0.3, 0.4) is 0 Å². The van der Waals surface area contributed by atoms with Crippen molar-refractivity contribution in [1.82, 2.24) is 14.5 Å². The predicted octanol–water partition coefficient (Wildman–Crippen LogP) is 4.46. The Morgan fingerprint density at radius 1 is 1.19 bits per heavy atom. The van der Waals surface area contributed by atoms with Crippen LogP contribution in [0.25, 0.3) is 22.5 Å². The quantitative estimate of drug-likeness (QED) is 0.466. The number of benzene rings is 2. The Morgan fingerprint density at radius 3 is 2.63 bits per heavy atom. The van der Waals surface area contributed by atoms with Gasteiger partial charge in [-0.15, -0.1) is 0 Å². The van der Waals surface area contributed by atoms with Crippen molar-refractivity contribution in [1.29, 1.82) is 0 Å². The van der Waals surface area contributed by atoms with Crippen LogP contribution < -0.4 is 5.56 Å². The first-order valence-electron chi connectivity index (χ1n) is 8.77. The van der Waals surface area contributed by atoms with Gasteiger partial charge in [-0.05, 0) is 61.6 Å². The minimum atomic E-state index is 0.0212. The van der Waals surface area contributed by atoms with Crippen LogP contribution in [-0.2, 0) is 13.0 Å². The molecule has 0 fully saturated rings. The van der Waals surface area contributed by atoms with E-state index < -0.39 is 0 Å². The lowest BCUT2D eigenvalue weighted by Crippen LogP contribution is -2.30. The van der Waals surface area contributed by atoms with E-state index in [0.29, 0.717) is 23.8 Å². The van der Waals surface area contributed by atoms with Gasteiger partial charge in [0.15, 0.2) is 0 Å². The molecule has 3 aromatic rings. The third kappa shape index (κ3) is 3.47. The standard InChI is InChI=1S/C21H19BrClN3O/c1-25(2)9-10-26-20(13-3-6-16(23)7-4-13)24-18-12-14-11-15(22)5-8-17(14)19(18)21(26)27/h3-8,11H,9-10,12H2,1-2H3. The van der Waals surface area contributed by atoms with Gasteiger partial charge in [0.05, 0.1) is 11.3 Å². The number of rotatable bonds is 4. The monoisotopic (exact) mass is 443 g/mol. The summed E-state index contributed by atoms with van der Waals surface area (Å²) in [5.74, 6) is 0.698. The summed E-state index contributed by atoms with van der Waals surface area (Å²) in [6, 6.07) is 13.6. The Labute approximate surface area is 171 Å². The van der Waals surface area contributed by atoms with E-state index in [0.717, 1.165) is 39.0 Å². The Bertz CT molecular complexity index is 1070. The predicted molar refractivity (Wildman–Crippen MR) is 113 cm³/mol. The van der Waals surface area contributed by atoms with Gasteiger partial charge in [0.2, 0.25) is 0 Å². The fraction of sp³-hybridized carbons (Fsp3) is 0.238. The zero-order valence-corrected chi connectivity index (χ0v) is 17.5. The van der Waals surface area contributed by atoms with Gasteiger partial charge < -0.3 is 4.90 Å². The van der Waals surface area contributed by atoms with Crippen molar-refractivity contribution in [3.8, 4) is 22.5 Å². The first kappa shape index (κ1) is 18.4. The van der Waals surface area contributed by atoms with Gasteiger partial charge in [-0.2, -0.15) is 0 Å². The van der Waals surface area contributed by atoms with Gasteiger partial charge in [-0.3, -0.25) is 9.36 Å². The molecule has 0 spiro atoms. The molecule has 2 aromatic carbocycles. The Balaban J connectivity index is 1.92. The second-order valence-corrected chi connectivity index (χ2v) is 8.35. The van der Waals surface area contributed by atoms with Crippen molar-refractivity contribution >= 4 is 27.5 Å². The number of aromatic nitrogens is 2. The number of nitrogens with zero attached hydrogens (tertiary/aromatic N) is 3. The minimum absolute atomic E-state index is 0.0212. The highest BCUT2D eigenvalue weighted by Crippen LogP contribution is 2.36. The van der Waals surface area contributed by atoms with Crippen LogP contribution in [0.1, 0.15) is 11.3 Å². The Hall–Kier alpha value is -1.95. The van der Waals surface area contributed by atoms with Gasteiger partial charge in [0.25, 0.3) is 5.56 Å². The minimum Gasteiger partial charge on any atom is -0.308 e. The van der Waals surface area contributed by atoms with Gasteiger partial charge in [-0.1, -0.05) is 33.6 Å². The van der Waals surface area contributed by atoms with E-state index >= 15 is 0 Å². The van der Waals surface area contributed by atoms with Crippen LogP contribution >= 0.6 is 27.5 Å². The lowest BCUT2D eigenvalue weighted by molar-refractivity contribution is 0.381. The molecule has 0 saturated carbocycles. The summed E-state index contributed by atoms with van der Waals surface area (Å²) in [7, 11) is 4.00. The number of hydrogen-bond acceptors (Lipinski definition) is 3. The molecule has 0 aliphatic heterocycles. The molecular formula is C21H19BrClN3O. The summed E-state index contributed by atoms with van der Waals surface area (Å²) in [5, 5.41) is 0.666. The molecule has 1 heterocycles. The summed E-state index contributed by atoms with van der Waals surface area (Å²) >= 11 is 9.56. The van der Waals surface area contributed by atoms with Gasteiger partial charge >= 0.3 is 0 Å². The molecule has 0 amide bonds. The second kappa shape index (κ2) is 7.23. The summed E-state index contributed by atoms with van der Waals surface area (Å²) in [6.07, 6.45) is 0.675. The van der Waals surface area contributed by atoms with E-state index in [-0.39, 0.29) is 5.56 Å². The molecule has 1 aliphatic carbocycles. The zero-order chi connectivity index (χ0) is 19.1. The molecule has 1 aliphatic rings. The average molecular weight is 445 g/mol. The molecule has 0 saturated heterocycles. The normalized spacial score (nSPS) is 12.3. The maximum atomic E-state index is 13.4. The molecule has 0 unspecified atom stereocenters. The first-order valence-corrected chi connectivity index (χ1v) is 9.94. The summed E-state index contributed by atoms with van der Waals surface area (Å²) < 4.78 is 2.80. The molecule has 6 heteroatoms. The van der Waals surface area contributed by atoms with Gasteiger partial charge in [0, 0.05) is 34.6 Å². The second-order valence-electron chi connectivity index (χ2n) is 7.00. The van der Waals surface area contributed by atoms with Crippen molar-refractivity contribution < 1.29 is 0 Å². The van der Waals surface area contributed by atoms with Crippen LogP contribution in [0.5, 0.6) is 0 Å². The third-order valence-electron chi connectivity index (χ3n) is 4.81. The van der Waals surface area contributed by atoms with E-state index in [9.17, 15) is 4.79 Å². The molecule has 0 bridgehead atoms. The lowest BCUT2D eigenvalue weighted by Gasteiger charge is -2.17. The van der Waals surface area contributed by atoms with Crippen molar-refractivity contribution in [3.05, 3.63) is 73.6 Å². The molecule has 27 heavy (non-hydrogen) atoms. The van der Waals surface area contributed by atoms with E-state index in [1.54, 1.807) is 4.57 Å². The molecule has 138 valence electrons. The summed E-state index contributed by atoms with van der Waals surface area (Å²) in [6.45, 7) is 1.34. The Morgan fingerprint density at radius 2 is 1.93 bits per heavy atom. The van der Waals surface area contributed by atoms with Crippen molar-refractivity contribution in [2.24, 2.45) is 0 Å². The number of halogens is 2. The molecule has 1 aromatic heterocycles. The SMILES string of the molecule is CN(C)CCn1c(-c2ccc(Cl)cc2)nc2c(c1=O)-c1ccc(Br)cc1C2. The molecule has 0 radical (unpaired) electrons. The lowest BCUT2D eigenvalue weighted by atomic mass is 10.1. The van der Waals surface area contributed by atoms with E-state index in [4.69, 9.17) is 16.6 Å². The maximum absolute atomic E-state index is 13.4. The number of fused-ring (bicyclic) bond motifs is 3. The molecule has 4 nitrogen and oxygen atoms in total. The molecule has 0 atom stereocenters. The van der Waals surface area contributed by atoms with Crippen molar-refractivity contribution in [3.63, 3.8) is 0 Å². The fourth-order valence-corrected chi connectivity index (χ4v) is 3.99. The maximum Gasteiger partial charge on any atom is 0.261 e. The van der Waals surface area contributed by atoms with E-state index in [1.165, 1.54) is 0 Å². The summed E-state index contributed by atoms with van der Waals surface area (Å²) in [5.41, 5.74) is 4.62. The molecule has 4 rings (SSSR count). The van der Waals surface area contributed by atoms with Crippen LogP contribution in [0.4, 0.5) is 0 Å².